The van der Waals surface area contributed by atoms with Crippen molar-refractivity contribution in [1.29, 1.82) is 0 Å². The highest BCUT2D eigenvalue weighted by Crippen LogP contribution is 2.31. The molecule has 2 atom stereocenters. The van der Waals surface area contributed by atoms with Crippen molar-refractivity contribution in [2.45, 2.75) is 51.5 Å². The van der Waals surface area contributed by atoms with Gasteiger partial charge in [-0.2, -0.15) is 0 Å². The molecule has 1 rings (SSSR count). The molecule has 2 N–H and O–H groups in total. The number of carbonyl (C=O) groups excluding carboxylic acids is 2. The lowest BCUT2D eigenvalue weighted by molar-refractivity contribution is -0.155. The predicted octanol–water partition coefficient (Wildman–Crippen LogP) is 1.42. The summed E-state index contributed by atoms with van der Waals surface area (Å²) >= 11 is 0. The lowest BCUT2D eigenvalue weighted by Gasteiger charge is -2.35. The Labute approximate surface area is 96.5 Å². The summed E-state index contributed by atoms with van der Waals surface area (Å²) in [5.74, 6) is -0.674. The van der Waals surface area contributed by atoms with Crippen LogP contribution in [-0.4, -0.2) is 23.9 Å². The van der Waals surface area contributed by atoms with E-state index in [0.29, 0.717) is 25.9 Å². The molecule has 0 amide bonds. The molecule has 0 aromatic rings. The van der Waals surface area contributed by atoms with Crippen molar-refractivity contribution in [3.63, 3.8) is 0 Å². The standard InChI is InChI=1S/C12H21NO3/c1-3-12(13,11(15)16-4-2)9-7-5-6-8-10(9)14/h9H,3-8,13H2,1-2H3/t9-,12+/m1/s1. The third-order valence-corrected chi connectivity index (χ3v) is 3.42. The molecule has 1 aliphatic carbocycles. The molecule has 0 aromatic heterocycles. The Balaban J connectivity index is 2.84. The highest BCUT2D eigenvalue weighted by atomic mass is 16.5. The van der Waals surface area contributed by atoms with Gasteiger partial charge in [-0.05, 0) is 26.2 Å². The zero-order valence-electron chi connectivity index (χ0n) is 10.1. The zero-order valence-corrected chi connectivity index (χ0v) is 10.1. The average molecular weight is 227 g/mol. The van der Waals surface area contributed by atoms with Crippen LogP contribution >= 0.6 is 0 Å². The lowest BCUT2D eigenvalue weighted by Crippen LogP contribution is -2.57. The minimum atomic E-state index is -1.12. The molecule has 0 spiro atoms. The van der Waals surface area contributed by atoms with Crippen molar-refractivity contribution in [1.82, 2.24) is 0 Å². The average Bonchev–Trinajstić information content (AvgIpc) is 2.29. The van der Waals surface area contributed by atoms with Gasteiger partial charge in [-0.1, -0.05) is 13.3 Å². The van der Waals surface area contributed by atoms with Crippen LogP contribution in [0.25, 0.3) is 0 Å². The Morgan fingerprint density at radius 2 is 2.19 bits per heavy atom. The number of nitrogens with two attached hydrogens (primary N) is 1. The van der Waals surface area contributed by atoms with Crippen molar-refractivity contribution in [3.8, 4) is 0 Å². The van der Waals surface area contributed by atoms with E-state index in [4.69, 9.17) is 10.5 Å². The fourth-order valence-electron chi connectivity index (χ4n) is 2.33. The lowest BCUT2D eigenvalue weighted by atomic mass is 9.73. The van der Waals surface area contributed by atoms with Crippen LogP contribution in [-0.2, 0) is 14.3 Å². The van der Waals surface area contributed by atoms with Crippen LogP contribution in [0.2, 0.25) is 0 Å². The smallest absolute Gasteiger partial charge is 0.326 e. The van der Waals surface area contributed by atoms with Crippen LogP contribution in [0, 0.1) is 5.92 Å². The second-order valence-corrected chi connectivity index (χ2v) is 4.38. The Hall–Kier alpha value is -0.900. The Kier molecular flexibility index (Phi) is 4.47. The van der Waals surface area contributed by atoms with Crippen LogP contribution < -0.4 is 5.73 Å². The van der Waals surface area contributed by atoms with Crippen LogP contribution in [0.15, 0.2) is 0 Å². The molecule has 0 aromatic carbocycles. The van der Waals surface area contributed by atoms with Gasteiger partial charge in [0.05, 0.1) is 6.61 Å². The van der Waals surface area contributed by atoms with Gasteiger partial charge < -0.3 is 10.5 Å². The second kappa shape index (κ2) is 5.43. The number of rotatable bonds is 4. The second-order valence-electron chi connectivity index (χ2n) is 4.38. The quantitative estimate of drug-likeness (QED) is 0.737. The molecule has 0 heterocycles. The van der Waals surface area contributed by atoms with Crippen molar-refractivity contribution in [2.75, 3.05) is 6.61 Å². The van der Waals surface area contributed by atoms with E-state index in [-0.39, 0.29) is 11.7 Å². The maximum atomic E-state index is 11.8. The van der Waals surface area contributed by atoms with E-state index >= 15 is 0 Å². The van der Waals surface area contributed by atoms with Gasteiger partial charge in [0.15, 0.2) is 0 Å². The molecule has 92 valence electrons. The van der Waals surface area contributed by atoms with E-state index in [0.717, 1.165) is 12.8 Å². The SMILES string of the molecule is CCOC(=O)[C@](N)(CC)[C@@H]1CCCCC1=O. The summed E-state index contributed by atoms with van der Waals surface area (Å²) in [4.78, 5) is 23.7. The van der Waals surface area contributed by atoms with Crippen LogP contribution in [0.4, 0.5) is 0 Å². The fraction of sp³-hybridized carbons (Fsp3) is 0.833. The molecule has 16 heavy (non-hydrogen) atoms. The van der Waals surface area contributed by atoms with E-state index in [9.17, 15) is 9.59 Å². The van der Waals surface area contributed by atoms with Crippen molar-refractivity contribution in [2.24, 2.45) is 11.7 Å². The summed E-state index contributed by atoms with van der Waals surface area (Å²) in [5, 5.41) is 0. The summed E-state index contributed by atoms with van der Waals surface area (Å²) in [6, 6.07) is 0. The van der Waals surface area contributed by atoms with Gasteiger partial charge in [0, 0.05) is 12.3 Å². The van der Waals surface area contributed by atoms with Gasteiger partial charge in [-0.25, -0.2) is 0 Å². The zero-order chi connectivity index (χ0) is 12.2. The molecule has 1 fully saturated rings. The largest absolute Gasteiger partial charge is 0.465 e. The summed E-state index contributed by atoms with van der Waals surface area (Å²) < 4.78 is 4.98. The number of ether oxygens (including phenoxy) is 1. The van der Waals surface area contributed by atoms with Gasteiger partial charge >= 0.3 is 5.97 Å². The molecule has 0 radical (unpaired) electrons. The number of hydrogen-bond acceptors (Lipinski definition) is 4. The van der Waals surface area contributed by atoms with Gasteiger partial charge in [0.25, 0.3) is 0 Å². The van der Waals surface area contributed by atoms with Crippen LogP contribution in [0.5, 0.6) is 0 Å². The monoisotopic (exact) mass is 227 g/mol. The molecular weight excluding hydrogens is 206 g/mol. The normalized spacial score (nSPS) is 24.9. The van der Waals surface area contributed by atoms with E-state index in [1.165, 1.54) is 0 Å². The van der Waals surface area contributed by atoms with E-state index in [2.05, 4.69) is 0 Å². The first-order valence-electron chi connectivity index (χ1n) is 6.05. The fourth-order valence-corrected chi connectivity index (χ4v) is 2.33. The first-order valence-corrected chi connectivity index (χ1v) is 6.05. The molecule has 1 aliphatic rings. The minimum absolute atomic E-state index is 0.114. The number of hydrogen-bond donors (Lipinski definition) is 1. The van der Waals surface area contributed by atoms with Gasteiger partial charge in [-0.15, -0.1) is 0 Å². The molecular formula is C12H21NO3. The Morgan fingerprint density at radius 1 is 1.50 bits per heavy atom. The van der Waals surface area contributed by atoms with Crippen molar-refractivity contribution in [3.05, 3.63) is 0 Å². The van der Waals surface area contributed by atoms with Gasteiger partial charge in [-0.3, -0.25) is 9.59 Å². The number of Topliss-reactive ketones (excluding diaryl/α,β-unsaturated/α-hetero) is 1. The third kappa shape index (κ3) is 2.43. The van der Waals surface area contributed by atoms with Crippen molar-refractivity contribution < 1.29 is 14.3 Å². The molecule has 0 unspecified atom stereocenters. The van der Waals surface area contributed by atoms with E-state index in [1.807, 2.05) is 6.92 Å². The molecule has 0 bridgehead atoms. The summed E-state index contributed by atoms with van der Waals surface area (Å²) in [6.45, 7) is 3.88. The Morgan fingerprint density at radius 3 is 2.69 bits per heavy atom. The van der Waals surface area contributed by atoms with E-state index in [1.54, 1.807) is 6.92 Å². The van der Waals surface area contributed by atoms with Crippen LogP contribution in [0.1, 0.15) is 46.0 Å². The first-order chi connectivity index (χ1) is 7.56. The van der Waals surface area contributed by atoms with E-state index < -0.39 is 11.5 Å². The maximum Gasteiger partial charge on any atom is 0.326 e. The predicted molar refractivity (Wildman–Crippen MR) is 60.8 cm³/mol. The molecule has 0 saturated heterocycles. The Bertz CT molecular complexity index is 277. The third-order valence-electron chi connectivity index (χ3n) is 3.42. The minimum Gasteiger partial charge on any atom is -0.465 e. The topological polar surface area (TPSA) is 69.4 Å². The van der Waals surface area contributed by atoms with Crippen molar-refractivity contribution >= 4 is 11.8 Å². The number of esters is 1. The van der Waals surface area contributed by atoms with Gasteiger partial charge in [0.2, 0.25) is 0 Å². The first kappa shape index (κ1) is 13.2. The summed E-state index contributed by atoms with van der Waals surface area (Å²) in [7, 11) is 0. The molecule has 1 saturated carbocycles. The molecule has 4 heteroatoms. The highest BCUT2D eigenvalue weighted by molar-refractivity contribution is 5.92. The summed E-state index contributed by atoms with van der Waals surface area (Å²) in [6.07, 6.45) is 3.58. The maximum absolute atomic E-state index is 11.8. The number of ketones is 1. The highest BCUT2D eigenvalue weighted by Gasteiger charge is 2.46. The van der Waals surface area contributed by atoms with Crippen LogP contribution in [0.3, 0.4) is 0 Å². The number of carbonyl (C=O) groups is 2. The summed E-state index contributed by atoms with van der Waals surface area (Å²) in [5.41, 5.74) is 4.98. The molecule has 4 nitrogen and oxygen atoms in total. The van der Waals surface area contributed by atoms with Gasteiger partial charge in [0.1, 0.15) is 11.3 Å². The molecule has 0 aliphatic heterocycles.